The van der Waals surface area contributed by atoms with E-state index in [0.29, 0.717) is 6.61 Å². The lowest BCUT2D eigenvalue weighted by molar-refractivity contribution is 0.0898. The number of hydrogen-bond acceptors (Lipinski definition) is 5. The van der Waals surface area contributed by atoms with Crippen LogP contribution in [0.25, 0.3) is 0 Å². The lowest BCUT2D eigenvalue weighted by atomic mass is 10.1. The highest BCUT2D eigenvalue weighted by atomic mass is 16.5. The number of Topliss-reactive ketones (excluding diaryl/α,β-unsaturated/α-hetero) is 1. The molecule has 0 radical (unpaired) electrons. The normalized spacial score (nSPS) is 11.2. The number of hydrogen-bond donors (Lipinski definition) is 3. The third-order valence-corrected chi connectivity index (χ3v) is 3.27. The third-order valence-electron chi connectivity index (χ3n) is 3.27. The van der Waals surface area contributed by atoms with Gasteiger partial charge in [-0.1, -0.05) is 17.2 Å². The predicted molar refractivity (Wildman–Crippen MR) is 89.1 cm³/mol. The predicted octanol–water partition coefficient (Wildman–Crippen LogP) is 3.34. The van der Waals surface area contributed by atoms with E-state index in [2.05, 4.69) is 19.9 Å². The Balaban J connectivity index is 2.65. The van der Waals surface area contributed by atoms with Crippen molar-refractivity contribution in [3.8, 4) is 17.2 Å². The van der Waals surface area contributed by atoms with Gasteiger partial charge in [0.05, 0.1) is 0 Å². The average Bonchev–Trinajstić information content (AvgIpc) is 2.45. The molecule has 5 heteroatoms. The van der Waals surface area contributed by atoms with Crippen LogP contribution in [0, 0.1) is 0 Å². The standard InChI is InChI=1S/C18H24O5/c1-12(2)5-4-6-13(3)7-8-23-14-9-15(20)18(16(21)10-14)17(22)11-19/h5,7,9-10,19-21H,4,6,8,11H2,1-3H3/b13-7+. The maximum Gasteiger partial charge on any atom is 0.195 e. The summed E-state index contributed by atoms with van der Waals surface area (Å²) in [5.41, 5.74) is 2.17. The van der Waals surface area contributed by atoms with Gasteiger partial charge in [-0.2, -0.15) is 0 Å². The first-order valence-electron chi connectivity index (χ1n) is 7.47. The van der Waals surface area contributed by atoms with E-state index in [9.17, 15) is 15.0 Å². The summed E-state index contributed by atoms with van der Waals surface area (Å²) in [7, 11) is 0. The van der Waals surface area contributed by atoms with Crippen LogP contribution in [0.2, 0.25) is 0 Å². The van der Waals surface area contributed by atoms with Crippen molar-refractivity contribution in [3.05, 3.63) is 41.0 Å². The van der Waals surface area contributed by atoms with Gasteiger partial charge in [-0.15, -0.1) is 0 Å². The van der Waals surface area contributed by atoms with E-state index in [1.807, 2.05) is 13.0 Å². The summed E-state index contributed by atoms with van der Waals surface area (Å²) in [6.45, 7) is 5.65. The van der Waals surface area contributed by atoms with Gasteiger partial charge < -0.3 is 20.1 Å². The quantitative estimate of drug-likeness (QED) is 0.505. The van der Waals surface area contributed by atoms with Gasteiger partial charge in [0, 0.05) is 12.1 Å². The maximum absolute atomic E-state index is 11.4. The molecule has 126 valence electrons. The summed E-state index contributed by atoms with van der Waals surface area (Å²) in [6.07, 6.45) is 6.02. The number of phenolic OH excluding ortho intramolecular Hbond substituents is 2. The summed E-state index contributed by atoms with van der Waals surface area (Å²) in [5.74, 6) is -1.32. The second-order valence-electron chi connectivity index (χ2n) is 5.60. The Kier molecular flexibility index (Phi) is 7.35. The Morgan fingerprint density at radius 2 is 1.74 bits per heavy atom. The SMILES string of the molecule is CC(C)=CCC/C(C)=C/COc1cc(O)c(C(=O)CO)c(O)c1. The van der Waals surface area contributed by atoms with Crippen LogP contribution in [-0.4, -0.2) is 34.3 Å². The smallest absolute Gasteiger partial charge is 0.195 e. The average molecular weight is 320 g/mol. The molecule has 0 atom stereocenters. The zero-order valence-electron chi connectivity index (χ0n) is 13.8. The van der Waals surface area contributed by atoms with E-state index in [-0.39, 0.29) is 11.3 Å². The molecule has 1 rings (SSSR count). The van der Waals surface area contributed by atoms with Crippen molar-refractivity contribution < 1.29 is 24.9 Å². The summed E-state index contributed by atoms with van der Waals surface area (Å²) in [4.78, 5) is 11.4. The molecule has 0 heterocycles. The van der Waals surface area contributed by atoms with E-state index in [0.717, 1.165) is 12.8 Å². The number of aliphatic hydroxyl groups excluding tert-OH is 1. The first-order valence-corrected chi connectivity index (χ1v) is 7.47. The minimum absolute atomic E-state index is 0.253. The fourth-order valence-electron chi connectivity index (χ4n) is 2.01. The van der Waals surface area contributed by atoms with Crippen molar-refractivity contribution >= 4 is 5.78 Å². The van der Waals surface area contributed by atoms with Crippen molar-refractivity contribution in [3.63, 3.8) is 0 Å². The van der Waals surface area contributed by atoms with Crippen LogP contribution in [0.4, 0.5) is 0 Å². The van der Waals surface area contributed by atoms with Gasteiger partial charge in [-0.25, -0.2) is 0 Å². The number of allylic oxidation sites excluding steroid dienone is 3. The Morgan fingerprint density at radius 1 is 1.13 bits per heavy atom. The van der Waals surface area contributed by atoms with Gasteiger partial charge in [0.2, 0.25) is 0 Å². The van der Waals surface area contributed by atoms with Gasteiger partial charge in [-0.05, 0) is 39.7 Å². The Labute approximate surface area is 136 Å². The first-order chi connectivity index (χ1) is 10.8. The van der Waals surface area contributed by atoms with Crippen LogP contribution in [0.1, 0.15) is 44.0 Å². The van der Waals surface area contributed by atoms with Gasteiger partial charge in [0.1, 0.15) is 36.0 Å². The highest BCUT2D eigenvalue weighted by molar-refractivity contribution is 6.02. The molecule has 0 aromatic heterocycles. The van der Waals surface area contributed by atoms with Crippen molar-refractivity contribution in [1.82, 2.24) is 0 Å². The van der Waals surface area contributed by atoms with E-state index in [1.54, 1.807) is 0 Å². The van der Waals surface area contributed by atoms with Crippen molar-refractivity contribution in [2.24, 2.45) is 0 Å². The Morgan fingerprint density at radius 3 is 2.26 bits per heavy atom. The summed E-state index contributed by atoms with van der Waals surface area (Å²) in [5, 5.41) is 28.3. The van der Waals surface area contributed by atoms with Crippen molar-refractivity contribution in [2.75, 3.05) is 13.2 Å². The number of aromatic hydroxyl groups is 2. The molecule has 0 aliphatic carbocycles. The number of ether oxygens (including phenoxy) is 1. The molecule has 3 N–H and O–H groups in total. The molecule has 0 saturated heterocycles. The molecule has 0 unspecified atom stereocenters. The summed E-state index contributed by atoms with van der Waals surface area (Å²) < 4.78 is 5.45. The van der Waals surface area contributed by atoms with Crippen molar-refractivity contribution in [1.29, 1.82) is 0 Å². The first kappa shape index (κ1) is 18.8. The number of rotatable bonds is 8. The number of carbonyl (C=O) groups is 1. The van der Waals surface area contributed by atoms with Crippen LogP contribution in [0.15, 0.2) is 35.4 Å². The lowest BCUT2D eigenvalue weighted by Gasteiger charge is -2.09. The number of ketones is 1. The van der Waals surface area contributed by atoms with Gasteiger partial charge in [0.25, 0.3) is 0 Å². The second-order valence-corrected chi connectivity index (χ2v) is 5.60. The summed E-state index contributed by atoms with van der Waals surface area (Å²) in [6, 6.07) is 2.49. The monoisotopic (exact) mass is 320 g/mol. The van der Waals surface area contributed by atoms with E-state index >= 15 is 0 Å². The molecule has 0 spiro atoms. The van der Waals surface area contributed by atoms with E-state index < -0.39 is 23.9 Å². The van der Waals surface area contributed by atoms with Gasteiger partial charge in [0.15, 0.2) is 5.78 Å². The second kappa shape index (κ2) is 9.00. The highest BCUT2D eigenvalue weighted by Gasteiger charge is 2.17. The third kappa shape index (κ3) is 6.16. The maximum atomic E-state index is 11.4. The van der Waals surface area contributed by atoms with Crippen LogP contribution in [0.3, 0.4) is 0 Å². The highest BCUT2D eigenvalue weighted by Crippen LogP contribution is 2.32. The van der Waals surface area contributed by atoms with Crippen LogP contribution in [-0.2, 0) is 0 Å². The minimum atomic E-state index is -0.783. The zero-order valence-corrected chi connectivity index (χ0v) is 13.8. The van der Waals surface area contributed by atoms with Gasteiger partial charge >= 0.3 is 0 Å². The molecule has 0 saturated carbocycles. The molecular weight excluding hydrogens is 296 g/mol. The fourth-order valence-corrected chi connectivity index (χ4v) is 2.01. The van der Waals surface area contributed by atoms with E-state index in [4.69, 9.17) is 9.84 Å². The fraction of sp³-hybridized carbons (Fsp3) is 0.389. The van der Waals surface area contributed by atoms with E-state index in [1.165, 1.54) is 23.3 Å². The molecule has 0 fully saturated rings. The molecule has 0 amide bonds. The Bertz CT molecular complexity index is 587. The largest absolute Gasteiger partial charge is 0.507 e. The summed E-state index contributed by atoms with van der Waals surface area (Å²) >= 11 is 0. The topological polar surface area (TPSA) is 87.0 Å². The number of aliphatic hydroxyl groups is 1. The lowest BCUT2D eigenvalue weighted by Crippen LogP contribution is -2.05. The molecule has 0 aliphatic heterocycles. The molecular formula is C18H24O5. The molecule has 23 heavy (non-hydrogen) atoms. The van der Waals surface area contributed by atoms with Crippen molar-refractivity contribution in [2.45, 2.75) is 33.6 Å². The van der Waals surface area contributed by atoms with Crippen LogP contribution >= 0.6 is 0 Å². The zero-order chi connectivity index (χ0) is 17.4. The molecule has 1 aromatic rings. The van der Waals surface area contributed by atoms with Crippen LogP contribution in [0.5, 0.6) is 17.2 Å². The number of carbonyl (C=O) groups excluding carboxylic acids is 1. The molecule has 0 aliphatic rings. The minimum Gasteiger partial charge on any atom is -0.507 e. The number of benzene rings is 1. The van der Waals surface area contributed by atoms with Gasteiger partial charge in [-0.3, -0.25) is 4.79 Å². The molecule has 0 bridgehead atoms. The van der Waals surface area contributed by atoms with Crippen LogP contribution < -0.4 is 4.74 Å². The molecule has 1 aromatic carbocycles. The number of phenols is 2. The Hall–Kier alpha value is -2.27. The molecule has 5 nitrogen and oxygen atoms in total.